The van der Waals surface area contributed by atoms with E-state index in [4.69, 9.17) is 5.73 Å². The Hall–Kier alpha value is -2.48. The average Bonchev–Trinajstić information content (AvgIpc) is 3.10. The quantitative estimate of drug-likeness (QED) is 0.678. The van der Waals surface area contributed by atoms with Crippen molar-refractivity contribution in [3.05, 3.63) is 36.7 Å². The first kappa shape index (κ1) is 12.5. The zero-order valence-electron chi connectivity index (χ0n) is 10.7. The van der Waals surface area contributed by atoms with Crippen LogP contribution in [0, 0.1) is 0 Å². The number of rotatable bonds is 4. The van der Waals surface area contributed by atoms with Gasteiger partial charge in [0.05, 0.1) is 11.6 Å². The molecule has 7 nitrogen and oxygen atoms in total. The van der Waals surface area contributed by atoms with Gasteiger partial charge in [-0.05, 0) is 24.5 Å². The number of H-pyrrole nitrogens is 1. The lowest BCUT2D eigenvalue weighted by Gasteiger charge is -2.12. The van der Waals surface area contributed by atoms with Crippen molar-refractivity contribution in [2.45, 2.75) is 13.0 Å². The second-order valence-electron chi connectivity index (χ2n) is 4.25. The molecule has 102 valence electrons. The van der Waals surface area contributed by atoms with E-state index < -0.39 is 0 Å². The van der Waals surface area contributed by atoms with Crippen molar-refractivity contribution in [2.24, 2.45) is 0 Å². The van der Waals surface area contributed by atoms with Crippen LogP contribution in [0.1, 0.15) is 18.8 Å². The molecular weight excluding hydrogens is 274 g/mol. The van der Waals surface area contributed by atoms with E-state index in [-0.39, 0.29) is 6.04 Å². The van der Waals surface area contributed by atoms with E-state index in [2.05, 4.69) is 29.9 Å². The van der Waals surface area contributed by atoms with Crippen LogP contribution in [0.4, 0.5) is 10.8 Å². The Morgan fingerprint density at radius 3 is 3.05 bits per heavy atom. The van der Waals surface area contributed by atoms with E-state index in [0.717, 1.165) is 22.0 Å². The number of hydrogen-bond acceptors (Lipinski definition) is 7. The smallest absolute Gasteiger partial charge is 0.147 e. The van der Waals surface area contributed by atoms with Gasteiger partial charge in [-0.1, -0.05) is 6.07 Å². The lowest BCUT2D eigenvalue weighted by atomic mass is 10.1. The number of nitrogen functional groups attached to an aromatic ring is 1. The summed E-state index contributed by atoms with van der Waals surface area (Å²) < 4.78 is 4.21. The molecule has 0 amide bonds. The van der Waals surface area contributed by atoms with Crippen LogP contribution in [0.5, 0.6) is 0 Å². The Morgan fingerprint density at radius 2 is 2.35 bits per heavy atom. The highest BCUT2D eigenvalue weighted by atomic mass is 32.1. The number of anilines is 2. The Kier molecular flexibility index (Phi) is 3.30. The van der Waals surface area contributed by atoms with Gasteiger partial charge < -0.3 is 11.1 Å². The van der Waals surface area contributed by atoms with E-state index in [1.807, 2.05) is 19.1 Å². The molecular formula is C12H13N7S. The summed E-state index contributed by atoms with van der Waals surface area (Å²) in [4.78, 5) is 8.25. The molecule has 1 atom stereocenters. The van der Waals surface area contributed by atoms with Gasteiger partial charge >= 0.3 is 0 Å². The number of nitrogens with two attached hydrogens (primary N) is 1. The summed E-state index contributed by atoms with van der Waals surface area (Å²) >= 11 is 1.32. The predicted octanol–water partition coefficient (Wildman–Crippen LogP) is 2.08. The number of nitrogens with one attached hydrogen (secondary N) is 2. The Labute approximate surface area is 119 Å². The number of aromatic nitrogens is 5. The Bertz CT molecular complexity index is 677. The molecule has 0 aliphatic rings. The fourth-order valence-electron chi connectivity index (χ4n) is 1.88. The zero-order chi connectivity index (χ0) is 13.9. The van der Waals surface area contributed by atoms with Gasteiger partial charge in [-0.25, -0.2) is 4.98 Å². The predicted molar refractivity (Wildman–Crippen MR) is 78.2 cm³/mol. The maximum Gasteiger partial charge on any atom is 0.147 e. The normalized spacial score (nSPS) is 12.2. The maximum atomic E-state index is 5.96. The van der Waals surface area contributed by atoms with Crippen molar-refractivity contribution in [2.75, 3.05) is 11.1 Å². The maximum absolute atomic E-state index is 5.96. The van der Waals surface area contributed by atoms with Crippen LogP contribution in [0.25, 0.3) is 11.1 Å². The lowest BCUT2D eigenvalue weighted by Crippen LogP contribution is -2.08. The van der Waals surface area contributed by atoms with Gasteiger partial charge in [0.25, 0.3) is 0 Å². The van der Waals surface area contributed by atoms with Gasteiger partial charge in [-0.3, -0.25) is 10.1 Å². The monoisotopic (exact) mass is 287 g/mol. The van der Waals surface area contributed by atoms with Crippen molar-refractivity contribution in [3.63, 3.8) is 0 Å². The molecule has 0 saturated carbocycles. The van der Waals surface area contributed by atoms with E-state index in [1.165, 1.54) is 17.9 Å². The van der Waals surface area contributed by atoms with Gasteiger partial charge in [-0.2, -0.15) is 9.47 Å². The van der Waals surface area contributed by atoms with Gasteiger partial charge in [0, 0.05) is 18.0 Å². The van der Waals surface area contributed by atoms with Gasteiger partial charge in [0.1, 0.15) is 23.0 Å². The summed E-state index contributed by atoms with van der Waals surface area (Å²) in [6.45, 7) is 1.99. The van der Waals surface area contributed by atoms with Crippen molar-refractivity contribution >= 4 is 22.4 Å². The highest BCUT2D eigenvalue weighted by Crippen LogP contribution is 2.37. The molecule has 0 aromatic carbocycles. The average molecular weight is 287 g/mol. The number of nitrogens with zero attached hydrogens (tertiary/aromatic N) is 4. The number of hydrogen-bond donors (Lipinski definition) is 3. The first-order chi connectivity index (χ1) is 9.75. The molecule has 3 aromatic rings. The summed E-state index contributed by atoms with van der Waals surface area (Å²) in [5.41, 5.74) is 7.77. The minimum absolute atomic E-state index is 0.0206. The van der Waals surface area contributed by atoms with Crippen LogP contribution in [-0.2, 0) is 0 Å². The molecule has 3 heterocycles. The third-order valence-electron chi connectivity index (χ3n) is 2.86. The second kappa shape index (κ2) is 5.25. The van der Waals surface area contributed by atoms with Crippen LogP contribution < -0.4 is 11.1 Å². The van der Waals surface area contributed by atoms with E-state index >= 15 is 0 Å². The molecule has 0 aliphatic heterocycles. The molecule has 3 rings (SSSR count). The van der Waals surface area contributed by atoms with Crippen LogP contribution in [0.15, 0.2) is 30.9 Å². The lowest BCUT2D eigenvalue weighted by molar-refractivity contribution is 0.799. The fraction of sp³-hybridized carbons (Fsp3) is 0.167. The molecule has 20 heavy (non-hydrogen) atoms. The van der Waals surface area contributed by atoms with Crippen LogP contribution in [0.2, 0.25) is 0 Å². The van der Waals surface area contributed by atoms with Gasteiger partial charge in [-0.15, -0.1) is 0 Å². The molecule has 0 radical (unpaired) electrons. The molecule has 4 N–H and O–H groups in total. The zero-order valence-corrected chi connectivity index (χ0v) is 11.6. The first-order valence-corrected chi connectivity index (χ1v) is 6.80. The Balaban J connectivity index is 1.92. The van der Waals surface area contributed by atoms with Crippen molar-refractivity contribution in [3.8, 4) is 11.1 Å². The third kappa shape index (κ3) is 2.32. The summed E-state index contributed by atoms with van der Waals surface area (Å²) in [5, 5.41) is 10.9. The topological polar surface area (TPSA) is 105 Å². The summed E-state index contributed by atoms with van der Waals surface area (Å²) in [6.07, 6.45) is 4.98. The Morgan fingerprint density at radius 1 is 1.45 bits per heavy atom. The van der Waals surface area contributed by atoms with E-state index in [0.29, 0.717) is 5.82 Å². The number of pyridine rings is 1. The molecule has 3 aromatic heterocycles. The standard InChI is InChI=1S/C12H13N7S/c1-7(11-15-6-16-18-11)17-12-9(10(13)19-20-12)8-3-2-4-14-5-8/h2-7,17H,1H3,(H2,13,19)(H,15,16,18). The highest BCUT2D eigenvalue weighted by molar-refractivity contribution is 7.11. The largest absolute Gasteiger partial charge is 0.382 e. The van der Waals surface area contributed by atoms with Gasteiger partial charge in [0.2, 0.25) is 0 Å². The molecule has 0 spiro atoms. The van der Waals surface area contributed by atoms with E-state index in [9.17, 15) is 0 Å². The summed E-state index contributed by atoms with van der Waals surface area (Å²) in [5.74, 6) is 1.25. The van der Waals surface area contributed by atoms with Crippen molar-refractivity contribution < 1.29 is 0 Å². The molecule has 0 fully saturated rings. The summed E-state index contributed by atoms with van der Waals surface area (Å²) in [7, 11) is 0. The molecule has 0 bridgehead atoms. The van der Waals surface area contributed by atoms with Crippen molar-refractivity contribution in [1.29, 1.82) is 0 Å². The van der Waals surface area contributed by atoms with Crippen LogP contribution in [-0.4, -0.2) is 24.5 Å². The summed E-state index contributed by atoms with van der Waals surface area (Å²) in [6, 6.07) is 3.81. The molecule has 0 saturated heterocycles. The van der Waals surface area contributed by atoms with Gasteiger partial charge in [0.15, 0.2) is 0 Å². The SMILES string of the molecule is CC(Nc1snc(N)c1-c1cccnc1)c1ncn[nH]1. The minimum Gasteiger partial charge on any atom is -0.382 e. The first-order valence-electron chi connectivity index (χ1n) is 6.03. The highest BCUT2D eigenvalue weighted by Gasteiger charge is 2.17. The number of aromatic amines is 1. The second-order valence-corrected chi connectivity index (χ2v) is 5.02. The van der Waals surface area contributed by atoms with Crippen LogP contribution in [0.3, 0.4) is 0 Å². The van der Waals surface area contributed by atoms with Crippen molar-refractivity contribution in [1.82, 2.24) is 24.5 Å². The molecule has 1 unspecified atom stereocenters. The molecule has 0 aliphatic carbocycles. The fourth-order valence-corrected chi connectivity index (χ4v) is 2.70. The third-order valence-corrected chi connectivity index (χ3v) is 3.65. The van der Waals surface area contributed by atoms with Crippen LogP contribution >= 0.6 is 11.5 Å². The van der Waals surface area contributed by atoms with E-state index in [1.54, 1.807) is 12.4 Å². The minimum atomic E-state index is -0.0206. The molecule has 8 heteroatoms.